The first kappa shape index (κ1) is 20.1. The number of carbonyl (C=O) groups excluding carboxylic acids is 2. The number of rotatable bonds is 4. The van der Waals surface area contributed by atoms with Crippen molar-refractivity contribution in [1.82, 2.24) is 10.6 Å². The quantitative estimate of drug-likeness (QED) is 0.809. The third-order valence-electron chi connectivity index (χ3n) is 4.87. The van der Waals surface area contributed by atoms with Crippen molar-refractivity contribution in [2.75, 3.05) is 13.1 Å². The number of hydrogen-bond acceptors (Lipinski definition) is 3. The van der Waals surface area contributed by atoms with Crippen LogP contribution in [-0.2, 0) is 0 Å². The van der Waals surface area contributed by atoms with Crippen molar-refractivity contribution in [3.05, 3.63) is 70.8 Å². The van der Waals surface area contributed by atoms with Crippen LogP contribution in [0.2, 0.25) is 0 Å². The molecule has 0 saturated carbocycles. The number of nitrogens with one attached hydrogen (secondary N) is 2. The van der Waals surface area contributed by atoms with Crippen LogP contribution in [0.5, 0.6) is 0 Å². The molecule has 1 aliphatic heterocycles. The molecular weight excluding hydrogens is 348 g/mol. The summed E-state index contributed by atoms with van der Waals surface area (Å²) in [7, 11) is 0. The zero-order valence-electron chi connectivity index (χ0n) is 15.1. The Bertz CT molecular complexity index is 774. The molecule has 2 unspecified atom stereocenters. The number of aryl methyl sites for hydroxylation is 1. The summed E-state index contributed by atoms with van der Waals surface area (Å²) < 4.78 is 0. The fourth-order valence-electron chi connectivity index (χ4n) is 3.17. The molecule has 0 bridgehead atoms. The Morgan fingerprint density at radius 1 is 1.04 bits per heavy atom. The highest BCUT2D eigenvalue weighted by molar-refractivity contribution is 6.15. The second-order valence-corrected chi connectivity index (χ2v) is 6.79. The summed E-state index contributed by atoms with van der Waals surface area (Å²) in [5.74, 6) is 0.113. The van der Waals surface area contributed by atoms with E-state index < -0.39 is 0 Å². The molecule has 2 aromatic carbocycles. The van der Waals surface area contributed by atoms with E-state index >= 15 is 0 Å². The van der Waals surface area contributed by atoms with E-state index in [1.165, 1.54) is 0 Å². The molecule has 1 aliphatic rings. The molecule has 26 heavy (non-hydrogen) atoms. The summed E-state index contributed by atoms with van der Waals surface area (Å²) in [5.41, 5.74) is 2.58. The van der Waals surface area contributed by atoms with Gasteiger partial charge in [-0.25, -0.2) is 0 Å². The van der Waals surface area contributed by atoms with Crippen LogP contribution in [0.25, 0.3) is 0 Å². The highest BCUT2D eigenvalue weighted by Gasteiger charge is 2.25. The number of benzene rings is 2. The van der Waals surface area contributed by atoms with Crippen molar-refractivity contribution in [3.63, 3.8) is 0 Å². The fraction of sp³-hybridized carbons (Fsp3) is 0.333. The van der Waals surface area contributed by atoms with Gasteiger partial charge in [-0.1, -0.05) is 55.0 Å². The van der Waals surface area contributed by atoms with Crippen LogP contribution < -0.4 is 10.6 Å². The molecule has 2 aromatic rings. The second kappa shape index (κ2) is 8.97. The van der Waals surface area contributed by atoms with E-state index in [2.05, 4.69) is 17.6 Å². The molecular formula is C21H25ClN2O2. The third kappa shape index (κ3) is 4.51. The lowest BCUT2D eigenvalue weighted by Gasteiger charge is -2.30. The molecule has 0 aromatic heterocycles. The zero-order chi connectivity index (χ0) is 17.8. The topological polar surface area (TPSA) is 58.2 Å². The van der Waals surface area contributed by atoms with Crippen molar-refractivity contribution >= 4 is 24.1 Å². The monoisotopic (exact) mass is 372 g/mol. The summed E-state index contributed by atoms with van der Waals surface area (Å²) in [6, 6.07) is 14.5. The number of halogens is 1. The molecule has 5 heteroatoms. The Labute approximate surface area is 160 Å². The van der Waals surface area contributed by atoms with Crippen LogP contribution in [-0.4, -0.2) is 30.8 Å². The van der Waals surface area contributed by atoms with Crippen molar-refractivity contribution in [2.24, 2.45) is 5.92 Å². The van der Waals surface area contributed by atoms with Gasteiger partial charge < -0.3 is 10.6 Å². The molecule has 1 saturated heterocycles. The molecule has 138 valence electrons. The lowest BCUT2D eigenvalue weighted by atomic mass is 9.93. The molecule has 2 atom stereocenters. The predicted molar refractivity (Wildman–Crippen MR) is 106 cm³/mol. The lowest BCUT2D eigenvalue weighted by Crippen LogP contribution is -2.50. The van der Waals surface area contributed by atoms with Gasteiger partial charge in [0.05, 0.1) is 5.56 Å². The van der Waals surface area contributed by atoms with Gasteiger partial charge in [0.25, 0.3) is 5.91 Å². The molecule has 0 radical (unpaired) electrons. The minimum atomic E-state index is -0.184. The van der Waals surface area contributed by atoms with E-state index in [-0.39, 0.29) is 30.1 Å². The minimum Gasteiger partial charge on any atom is -0.348 e. The Balaban J connectivity index is 0.00000243. The van der Waals surface area contributed by atoms with E-state index in [4.69, 9.17) is 0 Å². The van der Waals surface area contributed by atoms with Crippen LogP contribution in [0.15, 0.2) is 48.5 Å². The van der Waals surface area contributed by atoms with Gasteiger partial charge in [-0.15, -0.1) is 12.4 Å². The molecule has 4 nitrogen and oxygen atoms in total. The van der Waals surface area contributed by atoms with Crippen LogP contribution in [0.1, 0.15) is 45.2 Å². The van der Waals surface area contributed by atoms with Crippen molar-refractivity contribution < 1.29 is 9.59 Å². The van der Waals surface area contributed by atoms with Gasteiger partial charge in [-0.05, 0) is 31.9 Å². The standard InChI is InChI=1S/C21H24N2O2.ClH/c1-14-7-9-16(10-8-14)20(24)17-5-3-4-6-18(17)21(25)23-19-13-22-12-11-15(19)2;/h3-10,15,19,22H,11-13H2,1-2H3,(H,23,25);1H. The molecule has 0 spiro atoms. The molecule has 3 rings (SSSR count). The maximum atomic E-state index is 12.8. The summed E-state index contributed by atoms with van der Waals surface area (Å²) in [6.45, 7) is 5.88. The van der Waals surface area contributed by atoms with E-state index in [0.717, 1.165) is 25.1 Å². The first-order valence-electron chi connectivity index (χ1n) is 8.78. The van der Waals surface area contributed by atoms with E-state index in [0.29, 0.717) is 22.6 Å². The maximum Gasteiger partial charge on any atom is 0.252 e. The van der Waals surface area contributed by atoms with Gasteiger partial charge in [0.2, 0.25) is 0 Å². The van der Waals surface area contributed by atoms with Gasteiger partial charge in [-0.3, -0.25) is 9.59 Å². The molecule has 0 aliphatic carbocycles. The highest BCUT2D eigenvalue weighted by atomic mass is 35.5. The SMILES string of the molecule is Cc1ccc(C(=O)c2ccccc2C(=O)NC2CNCCC2C)cc1.Cl. The summed E-state index contributed by atoms with van der Waals surface area (Å²) in [4.78, 5) is 25.6. The predicted octanol–water partition coefficient (Wildman–Crippen LogP) is 3.38. The van der Waals surface area contributed by atoms with Crippen LogP contribution >= 0.6 is 12.4 Å². The Morgan fingerprint density at radius 3 is 2.35 bits per heavy atom. The smallest absolute Gasteiger partial charge is 0.252 e. The van der Waals surface area contributed by atoms with Gasteiger partial charge in [0.1, 0.15) is 0 Å². The zero-order valence-corrected chi connectivity index (χ0v) is 15.9. The van der Waals surface area contributed by atoms with Gasteiger partial charge in [0, 0.05) is 23.7 Å². The van der Waals surface area contributed by atoms with Crippen molar-refractivity contribution in [3.8, 4) is 0 Å². The largest absolute Gasteiger partial charge is 0.348 e. The van der Waals surface area contributed by atoms with Crippen molar-refractivity contribution in [1.29, 1.82) is 0 Å². The van der Waals surface area contributed by atoms with Gasteiger partial charge in [-0.2, -0.15) is 0 Å². The Hall–Kier alpha value is -2.17. The minimum absolute atomic E-state index is 0. The molecule has 1 fully saturated rings. The molecule has 1 heterocycles. The average Bonchev–Trinajstić information content (AvgIpc) is 2.63. The van der Waals surface area contributed by atoms with Gasteiger partial charge >= 0.3 is 0 Å². The van der Waals surface area contributed by atoms with Crippen molar-refractivity contribution in [2.45, 2.75) is 26.3 Å². The maximum absolute atomic E-state index is 12.8. The van der Waals surface area contributed by atoms with E-state index in [1.54, 1.807) is 36.4 Å². The summed E-state index contributed by atoms with van der Waals surface area (Å²) >= 11 is 0. The second-order valence-electron chi connectivity index (χ2n) is 6.79. The van der Waals surface area contributed by atoms with E-state index in [9.17, 15) is 9.59 Å². The van der Waals surface area contributed by atoms with Crippen LogP contribution in [0.3, 0.4) is 0 Å². The highest BCUT2D eigenvalue weighted by Crippen LogP contribution is 2.17. The first-order chi connectivity index (χ1) is 12.1. The average molecular weight is 373 g/mol. The normalized spacial score (nSPS) is 19.3. The van der Waals surface area contributed by atoms with E-state index in [1.807, 2.05) is 19.1 Å². The fourth-order valence-corrected chi connectivity index (χ4v) is 3.17. The number of ketones is 1. The lowest BCUT2D eigenvalue weighted by molar-refractivity contribution is 0.0907. The Morgan fingerprint density at radius 2 is 1.69 bits per heavy atom. The Kier molecular flexibility index (Phi) is 6.95. The van der Waals surface area contributed by atoms with Gasteiger partial charge in [0.15, 0.2) is 5.78 Å². The third-order valence-corrected chi connectivity index (χ3v) is 4.87. The van der Waals surface area contributed by atoms with Crippen LogP contribution in [0, 0.1) is 12.8 Å². The summed E-state index contributed by atoms with van der Waals surface area (Å²) in [6.07, 6.45) is 1.04. The number of piperidine rings is 1. The van der Waals surface area contributed by atoms with Crippen LogP contribution in [0.4, 0.5) is 0 Å². The number of hydrogen-bond donors (Lipinski definition) is 2. The number of carbonyl (C=O) groups is 2. The first-order valence-corrected chi connectivity index (χ1v) is 8.78. The number of amides is 1. The molecule has 1 amide bonds. The summed E-state index contributed by atoms with van der Waals surface area (Å²) in [5, 5.41) is 6.40. The molecule has 2 N–H and O–H groups in total.